The van der Waals surface area contributed by atoms with Crippen LogP contribution in [0.4, 0.5) is 0 Å². The van der Waals surface area contributed by atoms with Gasteiger partial charge < -0.3 is 10.3 Å². The second kappa shape index (κ2) is 5.45. The number of nitrogens with two attached hydrogens (primary N) is 1. The van der Waals surface area contributed by atoms with E-state index in [0.29, 0.717) is 13.1 Å². The Morgan fingerprint density at radius 2 is 2.25 bits per heavy atom. The minimum absolute atomic E-state index is 0.0221. The van der Waals surface area contributed by atoms with Gasteiger partial charge in [0.1, 0.15) is 5.82 Å². The number of aromatic nitrogens is 2. The van der Waals surface area contributed by atoms with Gasteiger partial charge in [0.15, 0.2) is 9.84 Å². The second-order valence-electron chi connectivity index (χ2n) is 4.12. The molecule has 0 bridgehead atoms. The Labute approximate surface area is 96.6 Å². The molecule has 1 atom stereocenters. The zero-order chi connectivity index (χ0) is 12.2. The number of hydrogen-bond donors (Lipinski definition) is 1. The molecule has 1 aromatic rings. The van der Waals surface area contributed by atoms with Crippen LogP contribution in [-0.4, -0.2) is 36.0 Å². The predicted molar refractivity (Wildman–Crippen MR) is 63.8 cm³/mol. The highest BCUT2D eigenvalue weighted by Crippen LogP contribution is 2.03. The van der Waals surface area contributed by atoms with Crippen molar-refractivity contribution in [3.8, 4) is 0 Å². The average molecular weight is 245 g/mol. The van der Waals surface area contributed by atoms with Crippen LogP contribution in [0.5, 0.6) is 0 Å². The molecule has 0 aliphatic carbocycles. The summed E-state index contributed by atoms with van der Waals surface area (Å²) in [5.41, 5.74) is 5.41. The van der Waals surface area contributed by atoms with E-state index in [1.807, 2.05) is 18.4 Å². The maximum Gasteiger partial charge on any atom is 0.152 e. The highest BCUT2D eigenvalue weighted by atomic mass is 32.2. The summed E-state index contributed by atoms with van der Waals surface area (Å²) < 4.78 is 25.3. The lowest BCUT2D eigenvalue weighted by molar-refractivity contribution is 0.567. The first-order valence-corrected chi connectivity index (χ1v) is 7.15. The SMILES string of the molecule is Cc1nccn1CCS(=O)(=O)CC(C)CN. The smallest absolute Gasteiger partial charge is 0.152 e. The third-order valence-corrected chi connectivity index (χ3v) is 4.39. The Balaban J connectivity index is 2.52. The van der Waals surface area contributed by atoms with E-state index in [9.17, 15) is 8.42 Å². The van der Waals surface area contributed by atoms with Gasteiger partial charge in [0.2, 0.25) is 0 Å². The van der Waals surface area contributed by atoms with Crippen LogP contribution in [0, 0.1) is 12.8 Å². The fourth-order valence-electron chi connectivity index (χ4n) is 1.46. The number of aryl methyl sites for hydroxylation is 2. The van der Waals surface area contributed by atoms with Crippen molar-refractivity contribution in [3.63, 3.8) is 0 Å². The number of nitrogens with zero attached hydrogens (tertiary/aromatic N) is 2. The zero-order valence-electron chi connectivity index (χ0n) is 9.76. The van der Waals surface area contributed by atoms with Gasteiger partial charge in [0, 0.05) is 18.9 Å². The first-order valence-electron chi connectivity index (χ1n) is 5.33. The van der Waals surface area contributed by atoms with Crippen molar-refractivity contribution in [3.05, 3.63) is 18.2 Å². The second-order valence-corrected chi connectivity index (χ2v) is 6.35. The summed E-state index contributed by atoms with van der Waals surface area (Å²) >= 11 is 0. The molecule has 0 saturated carbocycles. The molecule has 1 aromatic heterocycles. The molecule has 2 N–H and O–H groups in total. The molecule has 0 aromatic carbocycles. The van der Waals surface area contributed by atoms with Crippen molar-refractivity contribution >= 4 is 9.84 Å². The summed E-state index contributed by atoms with van der Waals surface area (Å²) in [6.45, 7) is 4.57. The van der Waals surface area contributed by atoms with E-state index in [-0.39, 0.29) is 17.4 Å². The van der Waals surface area contributed by atoms with Gasteiger partial charge in [-0.15, -0.1) is 0 Å². The molecule has 16 heavy (non-hydrogen) atoms. The van der Waals surface area contributed by atoms with Crippen LogP contribution < -0.4 is 5.73 Å². The Kier molecular flexibility index (Phi) is 4.49. The summed E-state index contributed by atoms with van der Waals surface area (Å²) in [5.74, 6) is 1.17. The predicted octanol–water partition coefficient (Wildman–Crippen LogP) is 0.201. The first kappa shape index (κ1) is 13.2. The van der Waals surface area contributed by atoms with E-state index in [2.05, 4.69) is 4.98 Å². The highest BCUT2D eigenvalue weighted by molar-refractivity contribution is 7.91. The standard InChI is InChI=1S/C10H19N3O2S/c1-9(7-11)8-16(14,15)6-5-13-4-3-12-10(13)2/h3-4,9H,5-8,11H2,1-2H3. The molecule has 0 fully saturated rings. The maximum atomic E-state index is 11.7. The number of imidazole rings is 1. The van der Waals surface area contributed by atoms with Gasteiger partial charge in [-0.2, -0.15) is 0 Å². The van der Waals surface area contributed by atoms with E-state index >= 15 is 0 Å². The molecule has 1 heterocycles. The van der Waals surface area contributed by atoms with Gasteiger partial charge in [-0.3, -0.25) is 0 Å². The van der Waals surface area contributed by atoms with E-state index in [4.69, 9.17) is 5.73 Å². The number of rotatable bonds is 6. The fourth-order valence-corrected chi connectivity index (χ4v) is 3.11. The topological polar surface area (TPSA) is 78.0 Å². The Morgan fingerprint density at radius 1 is 1.56 bits per heavy atom. The molecule has 0 spiro atoms. The largest absolute Gasteiger partial charge is 0.334 e. The van der Waals surface area contributed by atoms with Crippen LogP contribution in [0.15, 0.2) is 12.4 Å². The monoisotopic (exact) mass is 245 g/mol. The minimum atomic E-state index is -3.01. The molecular formula is C10H19N3O2S. The molecule has 0 amide bonds. The van der Waals surface area contributed by atoms with Crippen LogP contribution in [0.2, 0.25) is 0 Å². The summed E-state index contributed by atoms with van der Waals surface area (Å²) in [7, 11) is -3.01. The summed E-state index contributed by atoms with van der Waals surface area (Å²) in [5, 5.41) is 0. The lowest BCUT2D eigenvalue weighted by atomic mass is 10.2. The first-order chi connectivity index (χ1) is 7.44. The quantitative estimate of drug-likeness (QED) is 0.776. The summed E-state index contributed by atoms with van der Waals surface area (Å²) in [6, 6.07) is 0. The maximum absolute atomic E-state index is 11.7. The van der Waals surface area contributed by atoms with Crippen LogP contribution >= 0.6 is 0 Å². The Hall–Kier alpha value is -0.880. The summed E-state index contributed by atoms with van der Waals surface area (Å²) in [6.07, 6.45) is 3.46. The third-order valence-electron chi connectivity index (χ3n) is 2.51. The van der Waals surface area contributed by atoms with Gasteiger partial charge in [0.25, 0.3) is 0 Å². The summed E-state index contributed by atoms with van der Waals surface area (Å²) in [4.78, 5) is 4.04. The van der Waals surface area contributed by atoms with Gasteiger partial charge in [-0.25, -0.2) is 13.4 Å². The van der Waals surface area contributed by atoms with Crippen molar-refractivity contribution in [1.29, 1.82) is 0 Å². The van der Waals surface area contributed by atoms with Crippen molar-refractivity contribution in [2.24, 2.45) is 11.7 Å². The molecule has 0 radical (unpaired) electrons. The minimum Gasteiger partial charge on any atom is -0.334 e. The van der Waals surface area contributed by atoms with E-state index < -0.39 is 9.84 Å². The van der Waals surface area contributed by atoms with E-state index in [1.54, 1.807) is 12.4 Å². The van der Waals surface area contributed by atoms with Crippen LogP contribution in [0.25, 0.3) is 0 Å². The van der Waals surface area contributed by atoms with Crippen molar-refractivity contribution in [1.82, 2.24) is 9.55 Å². The van der Waals surface area contributed by atoms with E-state index in [0.717, 1.165) is 5.82 Å². The fraction of sp³-hybridized carbons (Fsp3) is 0.700. The molecule has 1 unspecified atom stereocenters. The van der Waals surface area contributed by atoms with Crippen molar-refractivity contribution < 1.29 is 8.42 Å². The van der Waals surface area contributed by atoms with Crippen molar-refractivity contribution in [2.75, 3.05) is 18.1 Å². The molecule has 92 valence electrons. The van der Waals surface area contributed by atoms with E-state index in [1.165, 1.54) is 0 Å². The van der Waals surface area contributed by atoms with Crippen molar-refractivity contribution in [2.45, 2.75) is 20.4 Å². The molecule has 0 saturated heterocycles. The van der Waals surface area contributed by atoms with Crippen LogP contribution in [0.1, 0.15) is 12.7 Å². The Bertz CT molecular complexity index is 425. The lowest BCUT2D eigenvalue weighted by Crippen LogP contribution is -2.24. The molecular weight excluding hydrogens is 226 g/mol. The molecule has 5 nitrogen and oxygen atoms in total. The highest BCUT2D eigenvalue weighted by Gasteiger charge is 2.15. The van der Waals surface area contributed by atoms with Crippen LogP contribution in [-0.2, 0) is 16.4 Å². The zero-order valence-corrected chi connectivity index (χ0v) is 10.6. The molecule has 0 aliphatic rings. The molecule has 0 aliphatic heterocycles. The molecule has 6 heteroatoms. The number of hydrogen-bond acceptors (Lipinski definition) is 4. The third kappa shape index (κ3) is 3.94. The Morgan fingerprint density at radius 3 is 2.75 bits per heavy atom. The molecule has 1 rings (SSSR count). The van der Waals surface area contributed by atoms with Gasteiger partial charge in [0.05, 0.1) is 11.5 Å². The number of sulfone groups is 1. The van der Waals surface area contributed by atoms with Gasteiger partial charge >= 0.3 is 0 Å². The normalized spacial score (nSPS) is 13.9. The average Bonchev–Trinajstić information content (AvgIpc) is 2.60. The lowest BCUT2D eigenvalue weighted by Gasteiger charge is -2.10. The van der Waals surface area contributed by atoms with Crippen LogP contribution in [0.3, 0.4) is 0 Å². The van der Waals surface area contributed by atoms with Gasteiger partial charge in [-0.05, 0) is 19.4 Å². The van der Waals surface area contributed by atoms with Gasteiger partial charge in [-0.1, -0.05) is 6.92 Å².